The Kier molecular flexibility index (Phi) is 5.45. The highest BCUT2D eigenvalue weighted by Gasteiger charge is 2.28. The van der Waals surface area contributed by atoms with Crippen molar-refractivity contribution in [2.45, 2.75) is 45.1 Å². The van der Waals surface area contributed by atoms with Gasteiger partial charge in [0.2, 0.25) is 5.91 Å². The van der Waals surface area contributed by atoms with Crippen LogP contribution >= 0.6 is 0 Å². The second-order valence-electron chi connectivity index (χ2n) is 5.59. The molecule has 2 rings (SSSR count). The number of carbonyl (C=O) groups is 1. The fourth-order valence-electron chi connectivity index (χ4n) is 2.46. The van der Waals surface area contributed by atoms with E-state index in [2.05, 4.69) is 12.2 Å². The van der Waals surface area contributed by atoms with E-state index in [1.54, 1.807) is 0 Å². The summed E-state index contributed by atoms with van der Waals surface area (Å²) in [5.74, 6) is 0.922. The number of hydrogen-bond acceptors (Lipinski definition) is 3. The molecule has 1 saturated carbocycles. The van der Waals surface area contributed by atoms with Gasteiger partial charge in [0.1, 0.15) is 6.61 Å². The molecule has 1 amide bonds. The average Bonchev–Trinajstić information content (AvgIpc) is 3.03. The van der Waals surface area contributed by atoms with Crippen molar-refractivity contribution >= 4 is 5.91 Å². The summed E-state index contributed by atoms with van der Waals surface area (Å²) in [4.78, 5) is 14.2. The Hall–Kier alpha value is -0.610. The number of amides is 1. The highest BCUT2D eigenvalue weighted by molar-refractivity contribution is 5.77. The van der Waals surface area contributed by atoms with Gasteiger partial charge >= 0.3 is 0 Å². The lowest BCUT2D eigenvalue weighted by Crippen LogP contribution is -2.43. The predicted octanol–water partition coefficient (Wildman–Crippen LogP) is 1.40. The Bertz CT molecular complexity index is 261. The number of carbonyl (C=O) groups excluding carboxylic acids is 1. The van der Waals surface area contributed by atoms with Crippen molar-refractivity contribution in [2.75, 3.05) is 32.8 Å². The van der Waals surface area contributed by atoms with Crippen LogP contribution in [0.25, 0.3) is 0 Å². The fraction of sp³-hybridized carbons (Fsp3) is 0.929. The first-order valence-electron chi connectivity index (χ1n) is 7.38. The molecule has 18 heavy (non-hydrogen) atoms. The molecule has 0 aromatic heterocycles. The van der Waals surface area contributed by atoms with Crippen molar-refractivity contribution < 1.29 is 9.53 Å². The first-order valence-corrected chi connectivity index (χ1v) is 7.38. The molecule has 2 aliphatic rings. The van der Waals surface area contributed by atoms with Gasteiger partial charge in [-0.05, 0) is 44.6 Å². The number of nitrogens with zero attached hydrogens (tertiary/aromatic N) is 1. The highest BCUT2D eigenvalue weighted by atomic mass is 16.5. The minimum Gasteiger partial charge on any atom is -0.372 e. The van der Waals surface area contributed by atoms with E-state index in [1.165, 1.54) is 25.7 Å². The maximum atomic E-state index is 12.1. The van der Waals surface area contributed by atoms with E-state index in [0.29, 0.717) is 12.6 Å². The molecule has 4 nitrogen and oxygen atoms in total. The van der Waals surface area contributed by atoms with Gasteiger partial charge in [-0.15, -0.1) is 0 Å². The molecule has 0 radical (unpaired) electrons. The van der Waals surface area contributed by atoms with Crippen LogP contribution in [0.4, 0.5) is 0 Å². The third-order valence-electron chi connectivity index (χ3n) is 3.71. The summed E-state index contributed by atoms with van der Waals surface area (Å²) in [6, 6.07) is 0.499. The van der Waals surface area contributed by atoms with Crippen LogP contribution in [-0.4, -0.2) is 49.7 Å². The molecule has 1 saturated heterocycles. The monoisotopic (exact) mass is 254 g/mol. The summed E-state index contributed by atoms with van der Waals surface area (Å²) in [7, 11) is 0. The third kappa shape index (κ3) is 4.58. The van der Waals surface area contributed by atoms with Gasteiger partial charge in [0.15, 0.2) is 0 Å². The van der Waals surface area contributed by atoms with Gasteiger partial charge in [-0.3, -0.25) is 4.79 Å². The second-order valence-corrected chi connectivity index (χ2v) is 5.59. The molecule has 4 heteroatoms. The Labute approximate surface area is 110 Å². The Balaban J connectivity index is 1.76. The van der Waals surface area contributed by atoms with Gasteiger partial charge in [0.25, 0.3) is 0 Å². The Morgan fingerprint density at radius 1 is 1.33 bits per heavy atom. The summed E-state index contributed by atoms with van der Waals surface area (Å²) in [5, 5.41) is 3.47. The van der Waals surface area contributed by atoms with Gasteiger partial charge in [-0.25, -0.2) is 0 Å². The summed E-state index contributed by atoms with van der Waals surface area (Å²) < 4.78 is 5.38. The fourth-order valence-corrected chi connectivity index (χ4v) is 2.46. The third-order valence-corrected chi connectivity index (χ3v) is 3.71. The minimum atomic E-state index is 0.170. The van der Waals surface area contributed by atoms with Crippen molar-refractivity contribution in [2.24, 2.45) is 5.92 Å². The normalized spacial score (nSPS) is 23.3. The molecule has 104 valence electrons. The van der Waals surface area contributed by atoms with Crippen molar-refractivity contribution in [1.29, 1.82) is 0 Å². The quantitative estimate of drug-likeness (QED) is 0.666. The molecular formula is C14H26N2O2. The van der Waals surface area contributed by atoms with E-state index in [9.17, 15) is 4.79 Å². The Morgan fingerprint density at radius 2 is 2.17 bits per heavy atom. The smallest absolute Gasteiger partial charge is 0.248 e. The van der Waals surface area contributed by atoms with E-state index >= 15 is 0 Å². The maximum Gasteiger partial charge on any atom is 0.248 e. The molecule has 0 aromatic rings. The van der Waals surface area contributed by atoms with E-state index in [-0.39, 0.29) is 12.5 Å². The largest absolute Gasteiger partial charge is 0.372 e. The van der Waals surface area contributed by atoms with Crippen LogP contribution in [0.5, 0.6) is 0 Å². The SMILES string of the molecule is CCCOCC(=O)N(CC1CC1)CC1CCCN1. The molecule has 1 N–H and O–H groups in total. The molecular weight excluding hydrogens is 228 g/mol. The number of hydrogen-bond donors (Lipinski definition) is 1. The summed E-state index contributed by atoms with van der Waals surface area (Å²) in [6.07, 6.45) is 5.99. The van der Waals surface area contributed by atoms with Gasteiger partial charge in [0, 0.05) is 25.7 Å². The molecule has 2 fully saturated rings. The lowest BCUT2D eigenvalue weighted by Gasteiger charge is -2.26. The average molecular weight is 254 g/mol. The van der Waals surface area contributed by atoms with Gasteiger partial charge < -0.3 is 15.0 Å². The van der Waals surface area contributed by atoms with Crippen LogP contribution < -0.4 is 5.32 Å². The second kappa shape index (κ2) is 7.10. The number of ether oxygens (including phenoxy) is 1. The van der Waals surface area contributed by atoms with Crippen molar-refractivity contribution in [3.63, 3.8) is 0 Å². The zero-order valence-corrected chi connectivity index (χ0v) is 11.5. The standard InChI is InChI=1S/C14H26N2O2/c1-2-8-18-11-14(17)16(9-12-5-6-12)10-13-4-3-7-15-13/h12-13,15H,2-11H2,1H3. The molecule has 0 aromatic carbocycles. The summed E-state index contributed by atoms with van der Waals surface area (Å²) >= 11 is 0. The van der Waals surface area contributed by atoms with E-state index < -0.39 is 0 Å². The molecule has 0 bridgehead atoms. The zero-order valence-electron chi connectivity index (χ0n) is 11.5. The van der Waals surface area contributed by atoms with Crippen molar-refractivity contribution in [1.82, 2.24) is 10.2 Å². The van der Waals surface area contributed by atoms with Crippen molar-refractivity contribution in [3.05, 3.63) is 0 Å². The van der Waals surface area contributed by atoms with Crippen LogP contribution in [-0.2, 0) is 9.53 Å². The van der Waals surface area contributed by atoms with Crippen molar-refractivity contribution in [3.8, 4) is 0 Å². The highest BCUT2D eigenvalue weighted by Crippen LogP contribution is 2.30. The molecule has 1 aliphatic heterocycles. The first kappa shape index (κ1) is 13.8. The zero-order chi connectivity index (χ0) is 12.8. The molecule has 1 atom stereocenters. The Morgan fingerprint density at radius 3 is 2.78 bits per heavy atom. The summed E-state index contributed by atoms with van der Waals surface area (Å²) in [6.45, 7) is 5.91. The molecule has 0 spiro atoms. The van der Waals surface area contributed by atoms with Crippen LogP contribution in [0.1, 0.15) is 39.0 Å². The van der Waals surface area contributed by atoms with Crippen LogP contribution in [0.2, 0.25) is 0 Å². The van der Waals surface area contributed by atoms with Crippen LogP contribution in [0.15, 0.2) is 0 Å². The van der Waals surface area contributed by atoms with E-state index in [0.717, 1.165) is 32.0 Å². The van der Waals surface area contributed by atoms with E-state index in [4.69, 9.17) is 4.74 Å². The molecule has 1 unspecified atom stereocenters. The minimum absolute atomic E-state index is 0.170. The van der Waals surface area contributed by atoms with Gasteiger partial charge in [0.05, 0.1) is 0 Å². The van der Waals surface area contributed by atoms with Crippen LogP contribution in [0.3, 0.4) is 0 Å². The molecule has 1 heterocycles. The number of rotatable bonds is 8. The summed E-state index contributed by atoms with van der Waals surface area (Å²) in [5.41, 5.74) is 0. The maximum absolute atomic E-state index is 12.1. The number of nitrogens with one attached hydrogen (secondary N) is 1. The van der Waals surface area contributed by atoms with Gasteiger partial charge in [-0.1, -0.05) is 6.92 Å². The van der Waals surface area contributed by atoms with Crippen LogP contribution in [0, 0.1) is 5.92 Å². The molecule has 1 aliphatic carbocycles. The first-order chi connectivity index (χ1) is 8.79. The lowest BCUT2D eigenvalue weighted by atomic mass is 10.2. The topological polar surface area (TPSA) is 41.6 Å². The van der Waals surface area contributed by atoms with Gasteiger partial charge in [-0.2, -0.15) is 0 Å². The van der Waals surface area contributed by atoms with E-state index in [1.807, 2.05) is 4.90 Å². The lowest BCUT2D eigenvalue weighted by molar-refractivity contribution is -0.136. The predicted molar refractivity (Wildman–Crippen MR) is 71.4 cm³/mol.